The van der Waals surface area contributed by atoms with Crippen molar-refractivity contribution in [3.8, 4) is 11.8 Å². The zero-order valence-corrected chi connectivity index (χ0v) is 35.6. The van der Waals surface area contributed by atoms with Gasteiger partial charge >= 0.3 is 0 Å². The fourth-order valence-electron chi connectivity index (χ4n) is 7.11. The predicted molar refractivity (Wildman–Crippen MR) is 264 cm³/mol. The lowest BCUT2D eigenvalue weighted by Gasteiger charge is -2.13. The van der Waals surface area contributed by atoms with Gasteiger partial charge < -0.3 is 0 Å². The normalized spacial score (nSPS) is 13.1. The molecule has 0 saturated carbocycles. The van der Waals surface area contributed by atoms with Crippen LogP contribution >= 0.6 is 0 Å². The fraction of sp³-hybridized carbons (Fsp3) is 0.167. The van der Waals surface area contributed by atoms with E-state index in [1.54, 1.807) is 0 Å². The first-order valence-electron chi connectivity index (χ1n) is 21.5. The van der Waals surface area contributed by atoms with Gasteiger partial charge in [-0.1, -0.05) is 219 Å². The van der Waals surface area contributed by atoms with E-state index in [4.69, 9.17) is 0 Å². The van der Waals surface area contributed by atoms with Gasteiger partial charge in [0.05, 0.1) is 0 Å². The van der Waals surface area contributed by atoms with Crippen molar-refractivity contribution in [1.82, 2.24) is 0 Å². The molecular formula is C60H60. The summed E-state index contributed by atoms with van der Waals surface area (Å²) in [6.45, 7) is 7.78. The summed E-state index contributed by atoms with van der Waals surface area (Å²) in [5, 5.41) is 0. The summed E-state index contributed by atoms with van der Waals surface area (Å²) in [4.78, 5) is 0. The smallest absolute Gasteiger partial charge is 0.0248 e. The van der Waals surface area contributed by atoms with Gasteiger partial charge in [-0.25, -0.2) is 0 Å². The Morgan fingerprint density at radius 1 is 0.500 bits per heavy atom. The summed E-state index contributed by atoms with van der Waals surface area (Å²) in [5.41, 5.74) is 15.3. The fourth-order valence-corrected chi connectivity index (χ4v) is 7.11. The zero-order valence-electron chi connectivity index (χ0n) is 35.6. The number of aryl methyl sites for hydroxylation is 3. The molecule has 0 atom stereocenters. The van der Waals surface area contributed by atoms with E-state index in [1.807, 2.05) is 85.8 Å². The van der Waals surface area contributed by atoms with Crippen LogP contribution in [-0.4, -0.2) is 0 Å². The number of hydrogen-bond donors (Lipinski definition) is 0. The Balaban J connectivity index is 0.000000137. The summed E-state index contributed by atoms with van der Waals surface area (Å²) < 4.78 is 0. The number of benzene rings is 6. The minimum atomic E-state index is 1.06. The van der Waals surface area contributed by atoms with Gasteiger partial charge in [0, 0.05) is 5.56 Å². The quantitative estimate of drug-likeness (QED) is 0.146. The van der Waals surface area contributed by atoms with E-state index in [2.05, 4.69) is 165 Å². The molecule has 0 spiro atoms. The Hall–Kier alpha value is -6.68. The lowest BCUT2D eigenvalue weighted by molar-refractivity contribution is 0.851. The van der Waals surface area contributed by atoms with E-state index in [1.165, 1.54) is 101 Å². The Kier molecular flexibility index (Phi) is 19.5. The molecule has 0 aromatic heterocycles. The van der Waals surface area contributed by atoms with Crippen LogP contribution in [-0.2, 0) is 25.7 Å². The minimum absolute atomic E-state index is 1.06. The molecule has 0 heteroatoms. The first-order valence-corrected chi connectivity index (χ1v) is 21.5. The highest BCUT2D eigenvalue weighted by Gasteiger charge is 2.07. The first kappa shape index (κ1) is 44.4. The van der Waals surface area contributed by atoms with Crippen LogP contribution in [0.3, 0.4) is 0 Å². The van der Waals surface area contributed by atoms with Crippen LogP contribution in [0.5, 0.6) is 0 Å². The minimum Gasteiger partial charge on any atom is -0.0985 e. The highest BCUT2D eigenvalue weighted by atomic mass is 14.1. The van der Waals surface area contributed by atoms with Crippen molar-refractivity contribution >= 4 is 29.9 Å². The Morgan fingerprint density at radius 3 is 1.62 bits per heavy atom. The summed E-state index contributed by atoms with van der Waals surface area (Å²) in [5.74, 6) is 5.93. The molecule has 6 aromatic rings. The molecule has 6 aromatic carbocycles. The maximum atomic E-state index is 3.63. The van der Waals surface area contributed by atoms with E-state index < -0.39 is 0 Å². The molecule has 4 aliphatic rings. The third kappa shape index (κ3) is 15.6. The van der Waals surface area contributed by atoms with Gasteiger partial charge in [0.2, 0.25) is 0 Å². The average Bonchev–Trinajstić information content (AvgIpc) is 3.68. The van der Waals surface area contributed by atoms with E-state index in [0.29, 0.717) is 0 Å². The van der Waals surface area contributed by atoms with Crippen molar-refractivity contribution in [2.45, 2.75) is 65.2 Å². The molecule has 300 valence electrons. The highest BCUT2D eigenvalue weighted by Crippen LogP contribution is 2.25. The van der Waals surface area contributed by atoms with Crippen LogP contribution in [0.15, 0.2) is 201 Å². The van der Waals surface area contributed by atoms with Crippen molar-refractivity contribution in [3.63, 3.8) is 0 Å². The lowest BCUT2D eigenvalue weighted by Crippen LogP contribution is -1.96. The molecule has 0 radical (unpaired) electrons. The highest BCUT2D eigenvalue weighted by molar-refractivity contribution is 5.68. The Bertz CT molecular complexity index is 2400. The molecule has 0 aliphatic heterocycles. The molecule has 0 heterocycles. The summed E-state index contributed by atoms with van der Waals surface area (Å²) in [7, 11) is 0. The van der Waals surface area contributed by atoms with E-state index in [0.717, 1.165) is 12.0 Å². The Morgan fingerprint density at radius 2 is 1.02 bits per heavy atom. The second-order valence-corrected chi connectivity index (χ2v) is 14.8. The van der Waals surface area contributed by atoms with Gasteiger partial charge in [-0.2, -0.15) is 0 Å². The number of fused-ring (bicyclic) bond motifs is 4. The van der Waals surface area contributed by atoms with Crippen molar-refractivity contribution in [3.05, 3.63) is 256 Å². The largest absolute Gasteiger partial charge is 0.0985 e. The lowest BCUT2D eigenvalue weighted by atomic mass is 9.92. The predicted octanol–water partition coefficient (Wildman–Crippen LogP) is 15.9. The maximum Gasteiger partial charge on any atom is 0.0248 e. The van der Waals surface area contributed by atoms with Crippen LogP contribution in [0, 0.1) is 11.8 Å². The van der Waals surface area contributed by atoms with Gasteiger partial charge in [0.1, 0.15) is 0 Å². The summed E-state index contributed by atoms with van der Waals surface area (Å²) in [6.07, 6.45) is 31.0. The van der Waals surface area contributed by atoms with Crippen LogP contribution in [0.1, 0.15) is 95.2 Å². The molecule has 0 nitrogen and oxygen atoms in total. The molecule has 0 fully saturated rings. The molecule has 4 aliphatic carbocycles. The van der Waals surface area contributed by atoms with Crippen molar-refractivity contribution in [1.29, 1.82) is 0 Å². The molecular weight excluding hydrogens is 721 g/mol. The zero-order chi connectivity index (χ0) is 41.9. The van der Waals surface area contributed by atoms with Gasteiger partial charge in [-0.05, 0) is 139 Å². The van der Waals surface area contributed by atoms with Crippen LogP contribution < -0.4 is 0 Å². The van der Waals surface area contributed by atoms with Gasteiger partial charge in [0.25, 0.3) is 0 Å². The molecule has 0 saturated heterocycles. The van der Waals surface area contributed by atoms with Gasteiger partial charge in [0.15, 0.2) is 0 Å². The van der Waals surface area contributed by atoms with Crippen molar-refractivity contribution in [2.24, 2.45) is 0 Å². The Labute approximate surface area is 361 Å². The second-order valence-electron chi connectivity index (χ2n) is 14.8. The summed E-state index contributed by atoms with van der Waals surface area (Å²) in [6, 6.07) is 54.4. The van der Waals surface area contributed by atoms with E-state index in [9.17, 15) is 0 Å². The maximum absolute atomic E-state index is 3.63. The third-order valence-corrected chi connectivity index (χ3v) is 10.4. The molecule has 0 amide bonds. The van der Waals surface area contributed by atoms with Gasteiger partial charge in [-0.15, -0.1) is 0 Å². The van der Waals surface area contributed by atoms with E-state index in [-0.39, 0.29) is 0 Å². The molecule has 0 bridgehead atoms. The number of rotatable bonds is 1. The molecule has 60 heavy (non-hydrogen) atoms. The molecule has 0 unspecified atom stereocenters. The first-order chi connectivity index (χ1) is 29.6. The molecule has 10 rings (SSSR count). The van der Waals surface area contributed by atoms with Crippen molar-refractivity contribution in [2.75, 3.05) is 0 Å². The summed E-state index contributed by atoms with van der Waals surface area (Å²) >= 11 is 0. The number of allylic oxidation sites excluding steroid dienone is 7. The van der Waals surface area contributed by atoms with Crippen LogP contribution in [0.25, 0.3) is 29.9 Å². The topological polar surface area (TPSA) is 0 Å². The van der Waals surface area contributed by atoms with Crippen LogP contribution in [0.4, 0.5) is 0 Å². The SMILES string of the molecule is C/C=C\C#Cc1ccccc1.C1=Cc2ccccc2C1.C1=Cc2ccccc2CC1.C1=Cc2ccccc2CCC1.C=Cc1ccccc1.CC1=CCCc2ccccc21. The van der Waals surface area contributed by atoms with E-state index >= 15 is 0 Å². The van der Waals surface area contributed by atoms with Crippen LogP contribution in [0.2, 0.25) is 0 Å². The average molecular weight is 781 g/mol. The standard InChI is InChI=1S/2C11H12.C11H10.C10H10.C9H8.C8H8/c1-9-5-4-7-10-6-2-3-8-11(9)10;1-2-6-10-8-4-5-9-11(10)7-3-1;1-2-3-5-8-11-9-6-4-7-10-11;1-2-6-10-8-4-3-7-9(10)5-1;1-2-5-9-7-3-6-8(9)4-1;1-2-8-6-4-3-5-7-8/h2-3,5-6,8H,4,7H2,1H3;2,4-6,8-9H,1,3,7H2;2-4,6-7,9-10H,1H3;1-3,5-7H,4,8H2;1-6H,7H2;2-7H,1H2/b;;3-2-;;;. The second kappa shape index (κ2) is 26.3. The third-order valence-electron chi connectivity index (χ3n) is 10.4. The monoisotopic (exact) mass is 780 g/mol. The molecule has 0 N–H and O–H groups in total. The van der Waals surface area contributed by atoms with Crippen molar-refractivity contribution < 1.29 is 0 Å². The van der Waals surface area contributed by atoms with Gasteiger partial charge in [-0.3, -0.25) is 0 Å². The number of hydrogen-bond acceptors (Lipinski definition) is 0.